The Morgan fingerprint density at radius 2 is 1.63 bits per heavy atom. The van der Waals surface area contributed by atoms with Crippen molar-refractivity contribution in [2.45, 2.75) is 19.1 Å². The molecule has 0 saturated carbocycles. The summed E-state index contributed by atoms with van der Waals surface area (Å²) >= 11 is 0. The Labute approximate surface area is 151 Å². The number of imide groups is 1. The number of rotatable bonds is 4. The highest BCUT2D eigenvalue weighted by atomic mass is 19.3. The van der Waals surface area contributed by atoms with Crippen LogP contribution in [-0.4, -0.2) is 29.1 Å². The van der Waals surface area contributed by atoms with Crippen LogP contribution in [0.25, 0.3) is 0 Å². The van der Waals surface area contributed by atoms with Crippen molar-refractivity contribution in [3.8, 4) is 11.5 Å². The first-order valence-electron chi connectivity index (χ1n) is 7.91. The third-order valence-corrected chi connectivity index (χ3v) is 4.03. The zero-order valence-electron chi connectivity index (χ0n) is 13.6. The normalized spacial score (nSPS) is 16.4. The molecule has 0 saturated heterocycles. The first-order valence-corrected chi connectivity index (χ1v) is 7.91. The second kappa shape index (κ2) is 6.04. The number of fused-ring (bicyclic) bond motifs is 2. The van der Waals surface area contributed by atoms with Crippen molar-refractivity contribution in [3.05, 3.63) is 59.2 Å². The van der Waals surface area contributed by atoms with Gasteiger partial charge in [0.25, 0.3) is 11.8 Å². The predicted molar refractivity (Wildman–Crippen MR) is 84.0 cm³/mol. The van der Waals surface area contributed by atoms with E-state index in [4.69, 9.17) is 4.84 Å². The molecule has 2 aromatic rings. The van der Waals surface area contributed by atoms with Gasteiger partial charge >= 0.3 is 12.3 Å². The molecule has 2 aliphatic heterocycles. The summed E-state index contributed by atoms with van der Waals surface area (Å²) in [6.07, 6.45) is -3.76. The van der Waals surface area contributed by atoms with E-state index in [-0.39, 0.29) is 35.5 Å². The van der Waals surface area contributed by atoms with Crippen molar-refractivity contribution in [2.24, 2.45) is 0 Å². The molecule has 0 bridgehead atoms. The fourth-order valence-corrected chi connectivity index (χ4v) is 2.79. The van der Waals surface area contributed by atoms with Gasteiger partial charge in [-0.2, -0.15) is 0 Å². The van der Waals surface area contributed by atoms with E-state index in [9.17, 15) is 23.2 Å². The third-order valence-electron chi connectivity index (χ3n) is 4.03. The molecule has 7 nitrogen and oxygen atoms in total. The first kappa shape index (κ1) is 17.0. The molecule has 2 aliphatic rings. The number of alkyl halides is 2. The van der Waals surface area contributed by atoms with E-state index in [1.807, 2.05) is 0 Å². The van der Waals surface area contributed by atoms with Crippen LogP contribution in [0.5, 0.6) is 11.5 Å². The van der Waals surface area contributed by atoms with Crippen molar-refractivity contribution in [1.82, 2.24) is 5.06 Å². The first-order chi connectivity index (χ1) is 12.8. The Balaban J connectivity index is 1.38. The molecule has 2 heterocycles. The van der Waals surface area contributed by atoms with Crippen LogP contribution in [0.2, 0.25) is 0 Å². The van der Waals surface area contributed by atoms with Gasteiger partial charge < -0.3 is 14.3 Å². The lowest BCUT2D eigenvalue weighted by molar-refractivity contribution is -0.286. The number of hydroxylamine groups is 2. The molecular weight excluding hydrogens is 364 g/mol. The van der Waals surface area contributed by atoms with E-state index in [1.165, 1.54) is 30.3 Å². The Morgan fingerprint density at radius 3 is 2.30 bits per heavy atom. The van der Waals surface area contributed by atoms with Gasteiger partial charge in [0, 0.05) is 0 Å². The number of hydrogen-bond donors (Lipinski definition) is 0. The number of hydrogen-bond acceptors (Lipinski definition) is 6. The largest absolute Gasteiger partial charge is 0.586 e. The monoisotopic (exact) mass is 375 g/mol. The van der Waals surface area contributed by atoms with Crippen molar-refractivity contribution in [2.75, 3.05) is 0 Å². The number of carbonyl (C=O) groups excluding carboxylic acids is 3. The fourth-order valence-electron chi connectivity index (χ4n) is 2.79. The van der Waals surface area contributed by atoms with Gasteiger partial charge in [-0.15, -0.1) is 8.78 Å². The minimum Gasteiger partial charge on any atom is -0.395 e. The van der Waals surface area contributed by atoms with Crippen molar-refractivity contribution in [1.29, 1.82) is 0 Å². The quantitative estimate of drug-likeness (QED) is 0.765. The molecule has 138 valence electrons. The van der Waals surface area contributed by atoms with Gasteiger partial charge in [0.1, 0.15) is 0 Å². The van der Waals surface area contributed by atoms with Crippen LogP contribution in [0.4, 0.5) is 8.78 Å². The lowest BCUT2D eigenvalue weighted by atomic mass is 10.1. The van der Waals surface area contributed by atoms with Gasteiger partial charge in [0.15, 0.2) is 11.5 Å². The van der Waals surface area contributed by atoms with E-state index in [2.05, 4.69) is 9.47 Å². The van der Waals surface area contributed by atoms with Crippen LogP contribution in [0.1, 0.15) is 32.7 Å². The summed E-state index contributed by atoms with van der Waals surface area (Å²) in [5, 5.41) is 0.424. The number of halogens is 2. The summed E-state index contributed by atoms with van der Waals surface area (Å²) < 4.78 is 34.6. The Bertz CT molecular complexity index is 939. The highest BCUT2D eigenvalue weighted by molar-refractivity contribution is 6.20. The maximum Gasteiger partial charge on any atom is 0.586 e. The summed E-state index contributed by atoms with van der Waals surface area (Å²) in [6.45, 7) is 0. The van der Waals surface area contributed by atoms with Crippen molar-refractivity contribution < 1.29 is 37.5 Å². The van der Waals surface area contributed by atoms with Crippen molar-refractivity contribution >= 4 is 17.8 Å². The summed E-state index contributed by atoms with van der Waals surface area (Å²) in [6, 6.07) is 10.3. The molecule has 0 aromatic heterocycles. The molecule has 0 fully saturated rings. The number of nitrogens with zero attached hydrogens (tertiary/aromatic N) is 1. The topological polar surface area (TPSA) is 82.1 Å². The summed E-state index contributed by atoms with van der Waals surface area (Å²) in [4.78, 5) is 41.2. The molecule has 0 aliphatic carbocycles. The van der Waals surface area contributed by atoms with E-state index in [1.54, 1.807) is 12.1 Å². The lowest BCUT2D eigenvalue weighted by Gasteiger charge is -2.12. The Kier molecular flexibility index (Phi) is 3.79. The van der Waals surface area contributed by atoms with E-state index in [0.29, 0.717) is 10.6 Å². The van der Waals surface area contributed by atoms with Gasteiger partial charge in [-0.3, -0.25) is 9.59 Å². The average Bonchev–Trinajstić information content (AvgIpc) is 3.07. The molecule has 0 N–H and O–H groups in total. The third kappa shape index (κ3) is 3.07. The maximum absolute atomic E-state index is 13.0. The van der Waals surface area contributed by atoms with Gasteiger partial charge in [-0.1, -0.05) is 23.3 Å². The predicted octanol–water partition coefficient (Wildman–Crippen LogP) is 2.70. The van der Waals surface area contributed by atoms with E-state index < -0.39 is 24.1 Å². The molecule has 4 rings (SSSR count). The SMILES string of the molecule is O=C(CCc1ccc2c(c1)OC(F)(F)O2)ON1C(=O)c2ccccc2C1=O. The highest BCUT2D eigenvalue weighted by Gasteiger charge is 2.43. The molecule has 27 heavy (non-hydrogen) atoms. The number of aryl methyl sites for hydroxylation is 1. The van der Waals surface area contributed by atoms with Gasteiger partial charge in [-0.05, 0) is 36.2 Å². The van der Waals surface area contributed by atoms with Crippen LogP contribution in [0.3, 0.4) is 0 Å². The van der Waals surface area contributed by atoms with Crippen LogP contribution < -0.4 is 9.47 Å². The summed E-state index contributed by atoms with van der Waals surface area (Å²) in [5.41, 5.74) is 0.841. The second-order valence-corrected chi connectivity index (χ2v) is 5.86. The second-order valence-electron chi connectivity index (χ2n) is 5.86. The smallest absolute Gasteiger partial charge is 0.395 e. The van der Waals surface area contributed by atoms with Crippen LogP contribution >= 0.6 is 0 Å². The average molecular weight is 375 g/mol. The molecule has 0 unspecified atom stereocenters. The molecular formula is C18H11F2NO6. The van der Waals surface area contributed by atoms with Crippen LogP contribution in [0.15, 0.2) is 42.5 Å². The fraction of sp³-hybridized carbons (Fsp3) is 0.167. The zero-order valence-corrected chi connectivity index (χ0v) is 13.6. The number of carbonyl (C=O) groups is 3. The maximum atomic E-state index is 13.0. The molecule has 2 aromatic carbocycles. The number of ether oxygens (including phenoxy) is 2. The lowest BCUT2D eigenvalue weighted by Crippen LogP contribution is -2.32. The molecule has 0 spiro atoms. The number of amides is 2. The van der Waals surface area contributed by atoms with E-state index >= 15 is 0 Å². The zero-order chi connectivity index (χ0) is 19.2. The minimum atomic E-state index is -3.72. The standard InChI is InChI=1S/C18H11F2NO6/c19-18(20)25-13-7-5-10(9-14(13)26-18)6-8-15(22)27-21-16(23)11-3-1-2-4-12(11)17(21)24/h1-5,7,9H,6,8H2. The van der Waals surface area contributed by atoms with Gasteiger partial charge in [0.2, 0.25) is 0 Å². The van der Waals surface area contributed by atoms with Gasteiger partial charge in [0.05, 0.1) is 17.5 Å². The highest BCUT2D eigenvalue weighted by Crippen LogP contribution is 2.41. The molecule has 0 radical (unpaired) electrons. The van der Waals surface area contributed by atoms with Crippen LogP contribution in [-0.2, 0) is 16.1 Å². The molecule has 0 atom stereocenters. The Morgan fingerprint density at radius 1 is 1.00 bits per heavy atom. The van der Waals surface area contributed by atoms with Gasteiger partial charge in [-0.25, -0.2) is 4.79 Å². The van der Waals surface area contributed by atoms with E-state index in [0.717, 1.165) is 0 Å². The Hall–Kier alpha value is -3.49. The number of benzene rings is 2. The van der Waals surface area contributed by atoms with Crippen LogP contribution in [0, 0.1) is 0 Å². The molecule has 9 heteroatoms. The molecule has 2 amide bonds. The van der Waals surface area contributed by atoms with Crippen molar-refractivity contribution in [3.63, 3.8) is 0 Å². The summed E-state index contributed by atoms with van der Waals surface area (Å²) in [5.74, 6) is -2.47. The minimum absolute atomic E-state index is 0.0997. The summed E-state index contributed by atoms with van der Waals surface area (Å²) in [7, 11) is 0.